The van der Waals surface area contributed by atoms with Crippen LogP contribution in [0, 0.1) is 5.41 Å². The maximum atomic E-state index is 12.2. The van der Waals surface area contributed by atoms with E-state index in [1.54, 1.807) is 0 Å². The zero-order valence-electron chi connectivity index (χ0n) is 7.12. The van der Waals surface area contributed by atoms with Crippen LogP contribution in [0.15, 0.2) is 12.5 Å². The minimum atomic E-state index is -0.405. The van der Waals surface area contributed by atoms with E-state index >= 15 is 0 Å². The second-order valence-electron chi connectivity index (χ2n) is 3.78. The molecule has 0 heterocycles. The second-order valence-corrected chi connectivity index (χ2v) is 3.78. The molecular formula is C9H16FN. The molecule has 0 aliphatic heterocycles. The summed E-state index contributed by atoms with van der Waals surface area (Å²) in [7, 11) is 0. The Morgan fingerprint density at radius 3 is 2.55 bits per heavy atom. The van der Waals surface area contributed by atoms with E-state index in [9.17, 15) is 4.39 Å². The molecule has 0 atom stereocenters. The lowest BCUT2D eigenvalue weighted by molar-refractivity contribution is 0.314. The summed E-state index contributed by atoms with van der Waals surface area (Å²) < 4.78 is 12.2. The highest BCUT2D eigenvalue weighted by atomic mass is 19.1. The van der Waals surface area contributed by atoms with Crippen molar-refractivity contribution in [2.24, 2.45) is 5.41 Å². The van der Waals surface area contributed by atoms with E-state index in [0.29, 0.717) is 5.41 Å². The van der Waals surface area contributed by atoms with Crippen LogP contribution in [-0.2, 0) is 0 Å². The predicted octanol–water partition coefficient (Wildman–Crippen LogP) is 2.60. The third kappa shape index (κ3) is 2.52. The molecule has 0 saturated heterocycles. The van der Waals surface area contributed by atoms with E-state index < -0.39 is 5.95 Å². The van der Waals surface area contributed by atoms with Gasteiger partial charge in [-0.2, -0.15) is 4.39 Å². The molecule has 64 valence electrons. The van der Waals surface area contributed by atoms with Crippen molar-refractivity contribution in [3.63, 3.8) is 0 Å². The molecule has 0 aromatic rings. The first-order valence-electron chi connectivity index (χ1n) is 4.21. The molecule has 1 aliphatic carbocycles. The fourth-order valence-electron chi connectivity index (χ4n) is 1.71. The molecule has 0 aromatic heterocycles. The van der Waals surface area contributed by atoms with Crippen molar-refractivity contribution in [1.82, 2.24) is 5.32 Å². The first-order valence-corrected chi connectivity index (χ1v) is 4.21. The van der Waals surface area contributed by atoms with Gasteiger partial charge in [0.05, 0.1) is 0 Å². The lowest BCUT2D eigenvalue weighted by Gasteiger charge is -2.23. The molecule has 1 fully saturated rings. The predicted molar refractivity (Wildman–Crippen MR) is 44.8 cm³/mol. The van der Waals surface area contributed by atoms with Crippen LogP contribution in [-0.4, -0.2) is 6.54 Å². The van der Waals surface area contributed by atoms with Crippen LogP contribution in [0.5, 0.6) is 0 Å². The van der Waals surface area contributed by atoms with Gasteiger partial charge in [0.25, 0.3) is 0 Å². The van der Waals surface area contributed by atoms with Gasteiger partial charge in [-0.3, -0.25) is 0 Å². The topological polar surface area (TPSA) is 12.0 Å². The maximum Gasteiger partial charge on any atom is 0.179 e. The van der Waals surface area contributed by atoms with Crippen LogP contribution >= 0.6 is 0 Å². The molecule has 1 N–H and O–H groups in total. The summed E-state index contributed by atoms with van der Waals surface area (Å²) >= 11 is 0. The van der Waals surface area contributed by atoms with Crippen LogP contribution in [0.25, 0.3) is 0 Å². The third-order valence-electron chi connectivity index (χ3n) is 2.52. The standard InChI is InChI=1S/C9H16FN/c1-8(10)11-7-9(2)5-3-4-6-9/h11H,1,3-7H2,2H3. The highest BCUT2D eigenvalue weighted by molar-refractivity contribution is 4.86. The molecule has 0 amide bonds. The average molecular weight is 157 g/mol. The van der Waals surface area contributed by atoms with Gasteiger partial charge in [0, 0.05) is 6.54 Å². The number of rotatable bonds is 3. The highest BCUT2D eigenvalue weighted by Gasteiger charge is 2.28. The molecule has 1 aliphatic rings. The SMILES string of the molecule is C=C(F)NCC1(C)CCCC1. The van der Waals surface area contributed by atoms with E-state index in [4.69, 9.17) is 0 Å². The van der Waals surface area contributed by atoms with Gasteiger partial charge in [-0.25, -0.2) is 0 Å². The summed E-state index contributed by atoms with van der Waals surface area (Å²) in [6, 6.07) is 0. The van der Waals surface area contributed by atoms with E-state index in [1.165, 1.54) is 25.7 Å². The van der Waals surface area contributed by atoms with Crippen molar-refractivity contribution in [3.05, 3.63) is 12.5 Å². The van der Waals surface area contributed by atoms with Crippen molar-refractivity contribution in [1.29, 1.82) is 0 Å². The second kappa shape index (κ2) is 3.24. The van der Waals surface area contributed by atoms with Crippen LogP contribution in [0.2, 0.25) is 0 Å². The normalized spacial score (nSPS) is 21.6. The Bertz CT molecular complexity index is 148. The molecule has 1 rings (SSSR count). The molecule has 11 heavy (non-hydrogen) atoms. The van der Waals surface area contributed by atoms with E-state index in [1.807, 2.05) is 0 Å². The van der Waals surface area contributed by atoms with Crippen molar-refractivity contribution >= 4 is 0 Å². The monoisotopic (exact) mass is 157 g/mol. The number of halogens is 1. The Morgan fingerprint density at radius 2 is 2.09 bits per heavy atom. The Labute approximate surface area is 67.7 Å². The molecule has 1 nitrogen and oxygen atoms in total. The molecule has 0 bridgehead atoms. The van der Waals surface area contributed by atoms with Crippen molar-refractivity contribution < 1.29 is 4.39 Å². The highest BCUT2D eigenvalue weighted by Crippen LogP contribution is 2.36. The van der Waals surface area contributed by atoms with Gasteiger partial charge in [0.1, 0.15) is 0 Å². The van der Waals surface area contributed by atoms with Gasteiger partial charge in [-0.15, -0.1) is 0 Å². The summed E-state index contributed by atoms with van der Waals surface area (Å²) in [5.74, 6) is -0.405. The first kappa shape index (κ1) is 8.57. The molecule has 0 spiro atoms. The Morgan fingerprint density at radius 1 is 1.55 bits per heavy atom. The quantitative estimate of drug-likeness (QED) is 0.621. The largest absolute Gasteiger partial charge is 0.362 e. The number of nitrogens with one attached hydrogen (secondary N) is 1. The smallest absolute Gasteiger partial charge is 0.179 e. The Hall–Kier alpha value is -0.530. The van der Waals surface area contributed by atoms with E-state index in [-0.39, 0.29) is 0 Å². The Balaban J connectivity index is 2.28. The van der Waals surface area contributed by atoms with Crippen molar-refractivity contribution in [2.45, 2.75) is 32.6 Å². The summed E-state index contributed by atoms with van der Waals surface area (Å²) in [4.78, 5) is 0. The lowest BCUT2D eigenvalue weighted by Crippen LogP contribution is -2.27. The minimum absolute atomic E-state index is 0.315. The summed E-state index contributed by atoms with van der Waals surface area (Å²) in [6.45, 7) is 6.11. The summed E-state index contributed by atoms with van der Waals surface area (Å²) in [6.07, 6.45) is 5.01. The van der Waals surface area contributed by atoms with Gasteiger partial charge in [-0.05, 0) is 24.8 Å². The lowest BCUT2D eigenvalue weighted by atomic mass is 9.89. The molecular weight excluding hydrogens is 141 g/mol. The van der Waals surface area contributed by atoms with Gasteiger partial charge in [0.2, 0.25) is 0 Å². The van der Waals surface area contributed by atoms with Gasteiger partial charge >= 0.3 is 0 Å². The molecule has 1 saturated carbocycles. The maximum absolute atomic E-state index is 12.2. The molecule has 0 unspecified atom stereocenters. The zero-order valence-corrected chi connectivity index (χ0v) is 7.12. The van der Waals surface area contributed by atoms with E-state index in [0.717, 1.165) is 6.54 Å². The van der Waals surface area contributed by atoms with Crippen LogP contribution in [0.4, 0.5) is 4.39 Å². The fraction of sp³-hybridized carbons (Fsp3) is 0.778. The molecule has 2 heteroatoms. The van der Waals surface area contributed by atoms with Crippen molar-refractivity contribution in [2.75, 3.05) is 6.54 Å². The number of hydrogen-bond donors (Lipinski definition) is 1. The fourth-order valence-corrected chi connectivity index (χ4v) is 1.71. The third-order valence-corrected chi connectivity index (χ3v) is 2.52. The molecule has 0 aromatic carbocycles. The summed E-state index contributed by atoms with van der Waals surface area (Å²) in [5.41, 5.74) is 0.315. The van der Waals surface area contributed by atoms with Gasteiger partial charge < -0.3 is 5.32 Å². The minimum Gasteiger partial charge on any atom is -0.362 e. The van der Waals surface area contributed by atoms with Crippen LogP contribution in [0.3, 0.4) is 0 Å². The first-order chi connectivity index (χ1) is 5.12. The summed E-state index contributed by atoms with van der Waals surface area (Å²) in [5, 5.41) is 2.67. The molecule has 0 radical (unpaired) electrons. The zero-order chi connectivity index (χ0) is 8.32. The van der Waals surface area contributed by atoms with Crippen molar-refractivity contribution in [3.8, 4) is 0 Å². The van der Waals surface area contributed by atoms with Crippen LogP contribution in [0.1, 0.15) is 32.6 Å². The Kier molecular flexibility index (Phi) is 2.53. The average Bonchev–Trinajstić information content (AvgIpc) is 2.33. The van der Waals surface area contributed by atoms with Gasteiger partial charge in [-0.1, -0.05) is 19.8 Å². The van der Waals surface area contributed by atoms with Gasteiger partial charge in [0.15, 0.2) is 5.95 Å². The van der Waals surface area contributed by atoms with Crippen LogP contribution < -0.4 is 5.32 Å². The van der Waals surface area contributed by atoms with E-state index in [2.05, 4.69) is 18.8 Å². The number of hydrogen-bond acceptors (Lipinski definition) is 1.